The standard InChI is InChI=1S/C29H32N6O2/c1-20-25(21(2)32-19-31-20)26(36)34-14-22-12-33(13-23(22)15-34)11-10-29(24-6-4-3-5-7-24)17-35(18-29)27(37)28(16-30)8-9-28/h3-7,14,19,23H,8-13,15,17-18H2,1-2H3. The van der Waals surface area contributed by atoms with Gasteiger partial charge in [-0.1, -0.05) is 30.3 Å². The molecule has 6 rings (SSSR count). The first-order valence-electron chi connectivity index (χ1n) is 13.1. The summed E-state index contributed by atoms with van der Waals surface area (Å²) in [6.07, 6.45) is 5.88. The summed E-state index contributed by atoms with van der Waals surface area (Å²) >= 11 is 0. The van der Waals surface area contributed by atoms with E-state index < -0.39 is 5.41 Å². The van der Waals surface area contributed by atoms with Crippen LogP contribution in [0.25, 0.3) is 0 Å². The quantitative estimate of drug-likeness (QED) is 0.611. The summed E-state index contributed by atoms with van der Waals surface area (Å²) < 4.78 is 0. The van der Waals surface area contributed by atoms with Gasteiger partial charge in [0.1, 0.15) is 11.7 Å². The molecule has 1 aromatic carbocycles. The molecular weight excluding hydrogens is 464 g/mol. The van der Waals surface area contributed by atoms with Crippen LogP contribution in [0.2, 0.25) is 0 Å². The normalized spacial score (nSPS) is 23.2. The molecule has 2 aromatic rings. The summed E-state index contributed by atoms with van der Waals surface area (Å²) in [5.74, 6) is 0.352. The van der Waals surface area contributed by atoms with Gasteiger partial charge >= 0.3 is 0 Å². The van der Waals surface area contributed by atoms with Crippen molar-refractivity contribution in [2.45, 2.75) is 38.5 Å². The lowest BCUT2D eigenvalue weighted by Crippen LogP contribution is -2.63. The number of amides is 2. The fourth-order valence-electron chi connectivity index (χ4n) is 6.33. The highest BCUT2D eigenvalue weighted by molar-refractivity contribution is 5.97. The minimum absolute atomic E-state index is 0.0152. The van der Waals surface area contributed by atoms with Crippen molar-refractivity contribution in [2.75, 3.05) is 39.3 Å². The first-order chi connectivity index (χ1) is 17.8. The fraction of sp³-hybridized carbons (Fsp3) is 0.483. The van der Waals surface area contributed by atoms with Gasteiger partial charge in [-0.3, -0.25) is 14.5 Å². The van der Waals surface area contributed by atoms with E-state index in [2.05, 4.69) is 45.2 Å². The number of aromatic nitrogens is 2. The van der Waals surface area contributed by atoms with Crippen molar-refractivity contribution in [1.82, 2.24) is 24.7 Å². The number of fused-ring (bicyclic) bond motifs is 1. The van der Waals surface area contributed by atoms with Crippen LogP contribution in [0.5, 0.6) is 0 Å². The Labute approximate surface area is 217 Å². The van der Waals surface area contributed by atoms with Crippen LogP contribution in [-0.2, 0) is 10.2 Å². The Morgan fingerprint density at radius 2 is 1.78 bits per heavy atom. The monoisotopic (exact) mass is 496 g/mol. The number of aryl methyl sites for hydroxylation is 2. The van der Waals surface area contributed by atoms with Crippen molar-refractivity contribution in [3.05, 3.63) is 70.9 Å². The largest absolute Gasteiger partial charge is 0.339 e. The second-order valence-corrected chi connectivity index (χ2v) is 11.3. The van der Waals surface area contributed by atoms with Gasteiger partial charge in [-0.05, 0) is 50.8 Å². The SMILES string of the molecule is Cc1ncnc(C)c1C(=O)N1C=C2CN(CCC3(c4ccccc4)CN(C(=O)C4(C#N)CC4)C3)CC2C1. The van der Waals surface area contributed by atoms with Crippen LogP contribution in [0.1, 0.15) is 46.6 Å². The van der Waals surface area contributed by atoms with Gasteiger partial charge in [0.15, 0.2) is 0 Å². The van der Waals surface area contributed by atoms with E-state index in [0.29, 0.717) is 44.0 Å². The molecule has 8 nitrogen and oxygen atoms in total. The molecule has 190 valence electrons. The molecule has 1 aliphatic carbocycles. The molecule has 8 heteroatoms. The average molecular weight is 497 g/mol. The maximum atomic E-state index is 13.2. The lowest BCUT2D eigenvalue weighted by molar-refractivity contribution is -0.143. The summed E-state index contributed by atoms with van der Waals surface area (Å²) in [6, 6.07) is 12.8. The first kappa shape index (κ1) is 23.8. The number of carbonyl (C=O) groups excluding carboxylic acids is 2. The molecule has 0 radical (unpaired) electrons. The molecule has 1 unspecified atom stereocenters. The van der Waals surface area contributed by atoms with Gasteiger partial charge in [-0.15, -0.1) is 0 Å². The van der Waals surface area contributed by atoms with E-state index in [1.165, 1.54) is 17.5 Å². The van der Waals surface area contributed by atoms with Crippen LogP contribution in [0, 0.1) is 36.5 Å². The zero-order valence-electron chi connectivity index (χ0n) is 21.5. The molecule has 1 aromatic heterocycles. The highest BCUT2D eigenvalue weighted by atomic mass is 16.2. The summed E-state index contributed by atoms with van der Waals surface area (Å²) in [6.45, 7) is 8.51. The number of nitriles is 1. The second kappa shape index (κ2) is 8.77. The van der Waals surface area contributed by atoms with Gasteiger partial charge in [-0.25, -0.2) is 9.97 Å². The number of nitrogens with zero attached hydrogens (tertiary/aromatic N) is 6. The molecule has 0 spiro atoms. The Balaban J connectivity index is 1.11. The average Bonchev–Trinajstić information content (AvgIpc) is 3.44. The smallest absolute Gasteiger partial charge is 0.261 e. The Hall–Kier alpha value is -3.57. The summed E-state index contributed by atoms with van der Waals surface area (Å²) in [5.41, 5.74) is 3.80. The van der Waals surface area contributed by atoms with Gasteiger partial charge < -0.3 is 9.80 Å². The van der Waals surface area contributed by atoms with Crippen molar-refractivity contribution < 1.29 is 9.59 Å². The number of hydrogen-bond acceptors (Lipinski definition) is 6. The third kappa shape index (κ3) is 4.02. The first-order valence-corrected chi connectivity index (χ1v) is 13.1. The summed E-state index contributed by atoms with van der Waals surface area (Å²) in [7, 11) is 0. The Kier molecular flexibility index (Phi) is 5.64. The highest BCUT2D eigenvalue weighted by Crippen LogP contribution is 2.49. The number of rotatable bonds is 6. The number of likely N-dealkylation sites (tertiary alicyclic amines) is 2. The van der Waals surface area contributed by atoms with E-state index in [1.54, 1.807) is 0 Å². The van der Waals surface area contributed by atoms with E-state index >= 15 is 0 Å². The number of benzene rings is 1. The molecule has 1 atom stereocenters. The van der Waals surface area contributed by atoms with Gasteiger partial charge in [0, 0.05) is 50.3 Å². The van der Waals surface area contributed by atoms with Crippen LogP contribution >= 0.6 is 0 Å². The van der Waals surface area contributed by atoms with Crippen LogP contribution < -0.4 is 0 Å². The topological polar surface area (TPSA) is 93.4 Å². The van der Waals surface area contributed by atoms with Crippen LogP contribution in [0.3, 0.4) is 0 Å². The second-order valence-electron chi connectivity index (χ2n) is 11.3. The van der Waals surface area contributed by atoms with Crippen LogP contribution in [0.4, 0.5) is 0 Å². The lowest BCUT2D eigenvalue weighted by atomic mass is 9.70. The number of carbonyl (C=O) groups is 2. The Morgan fingerprint density at radius 1 is 1.08 bits per heavy atom. The fourth-order valence-corrected chi connectivity index (χ4v) is 6.33. The molecule has 2 saturated heterocycles. The summed E-state index contributed by atoms with van der Waals surface area (Å²) in [4.78, 5) is 40.7. The van der Waals surface area contributed by atoms with Crippen molar-refractivity contribution in [3.63, 3.8) is 0 Å². The predicted molar refractivity (Wildman–Crippen MR) is 137 cm³/mol. The van der Waals surface area contributed by atoms with E-state index in [0.717, 1.165) is 37.4 Å². The molecule has 1 saturated carbocycles. The molecule has 4 heterocycles. The molecular formula is C29H32N6O2. The lowest BCUT2D eigenvalue weighted by Gasteiger charge is -2.52. The van der Waals surface area contributed by atoms with E-state index in [9.17, 15) is 14.9 Å². The van der Waals surface area contributed by atoms with Gasteiger partial charge in [0.25, 0.3) is 5.91 Å². The van der Waals surface area contributed by atoms with Crippen molar-refractivity contribution in [3.8, 4) is 6.07 Å². The van der Waals surface area contributed by atoms with Crippen molar-refractivity contribution in [1.29, 1.82) is 5.26 Å². The minimum Gasteiger partial charge on any atom is -0.339 e. The molecule has 3 aliphatic heterocycles. The van der Waals surface area contributed by atoms with Crippen LogP contribution in [0.15, 0.2) is 48.4 Å². The number of hydrogen-bond donors (Lipinski definition) is 0. The predicted octanol–water partition coefficient (Wildman–Crippen LogP) is 2.84. The molecule has 3 fully saturated rings. The zero-order chi connectivity index (χ0) is 25.8. The Bertz CT molecular complexity index is 1300. The maximum Gasteiger partial charge on any atom is 0.261 e. The van der Waals surface area contributed by atoms with Gasteiger partial charge in [0.05, 0.1) is 23.0 Å². The van der Waals surface area contributed by atoms with Crippen LogP contribution in [-0.4, -0.2) is 75.8 Å². The minimum atomic E-state index is -0.756. The molecule has 2 amide bonds. The maximum absolute atomic E-state index is 13.2. The van der Waals surface area contributed by atoms with Gasteiger partial charge in [0.2, 0.25) is 5.91 Å². The summed E-state index contributed by atoms with van der Waals surface area (Å²) in [5, 5.41) is 9.47. The third-order valence-electron chi connectivity index (χ3n) is 8.79. The highest BCUT2D eigenvalue weighted by Gasteiger charge is 2.57. The Morgan fingerprint density at radius 3 is 2.41 bits per heavy atom. The molecule has 4 aliphatic rings. The van der Waals surface area contributed by atoms with Crippen molar-refractivity contribution in [2.24, 2.45) is 11.3 Å². The molecule has 37 heavy (non-hydrogen) atoms. The van der Waals surface area contributed by atoms with E-state index in [1.807, 2.05) is 35.9 Å². The third-order valence-corrected chi connectivity index (χ3v) is 8.79. The van der Waals surface area contributed by atoms with E-state index in [4.69, 9.17) is 0 Å². The molecule has 0 bridgehead atoms. The van der Waals surface area contributed by atoms with E-state index in [-0.39, 0.29) is 17.2 Å². The molecule has 0 N–H and O–H groups in total. The van der Waals surface area contributed by atoms with Gasteiger partial charge in [-0.2, -0.15) is 5.26 Å². The zero-order valence-corrected chi connectivity index (χ0v) is 21.5. The van der Waals surface area contributed by atoms with Crippen molar-refractivity contribution >= 4 is 11.8 Å².